The van der Waals surface area contributed by atoms with Gasteiger partial charge in [-0.2, -0.15) is 0 Å². The molecule has 0 aliphatic heterocycles. The van der Waals surface area contributed by atoms with Gasteiger partial charge in [0.15, 0.2) is 0 Å². The number of rotatable bonds is 5. The van der Waals surface area contributed by atoms with Crippen molar-refractivity contribution in [1.82, 2.24) is 0 Å². The molecule has 3 nitrogen and oxygen atoms in total. The summed E-state index contributed by atoms with van der Waals surface area (Å²) in [4.78, 5) is 12.7. The van der Waals surface area contributed by atoms with Crippen LogP contribution in [-0.4, -0.2) is 18.2 Å². The second-order valence-corrected chi connectivity index (χ2v) is 12.5. The van der Waals surface area contributed by atoms with Crippen LogP contribution < -0.4 is 0 Å². The van der Waals surface area contributed by atoms with Gasteiger partial charge in [-0.3, -0.25) is 4.79 Å². The fourth-order valence-electron chi connectivity index (χ4n) is 8.45. The Hall–Kier alpha value is -1.26. The van der Waals surface area contributed by atoms with Crippen LogP contribution in [0.4, 0.5) is 0 Å². The summed E-state index contributed by atoms with van der Waals surface area (Å²) in [6.45, 7) is 8.95. The first-order valence-electron chi connectivity index (χ1n) is 13.1. The Labute approximate surface area is 204 Å². The molecule has 3 fully saturated rings. The summed E-state index contributed by atoms with van der Waals surface area (Å²) in [6, 6.07) is 10.5. The van der Waals surface area contributed by atoms with Crippen molar-refractivity contribution in [1.29, 1.82) is 0 Å². The summed E-state index contributed by atoms with van der Waals surface area (Å²) in [7, 11) is 0. The number of esters is 1. The highest BCUT2D eigenvalue weighted by Gasteiger charge is 2.59. The molecule has 4 aliphatic rings. The topological polar surface area (TPSA) is 35.5 Å². The highest BCUT2D eigenvalue weighted by Crippen LogP contribution is 2.67. The van der Waals surface area contributed by atoms with Gasteiger partial charge < -0.3 is 8.92 Å². The van der Waals surface area contributed by atoms with Crippen LogP contribution in [0.5, 0.6) is 0 Å². The number of ether oxygens (including phenoxy) is 1. The van der Waals surface area contributed by atoms with Crippen LogP contribution >= 0.6 is 12.0 Å². The first-order chi connectivity index (χ1) is 15.8. The van der Waals surface area contributed by atoms with E-state index in [9.17, 15) is 4.79 Å². The first-order valence-corrected chi connectivity index (χ1v) is 13.8. The number of hydrogen-bond donors (Lipinski definition) is 0. The number of carbonyl (C=O) groups excluding carboxylic acids is 1. The van der Waals surface area contributed by atoms with Crippen LogP contribution in [0.15, 0.2) is 46.9 Å². The lowest BCUT2D eigenvalue weighted by Gasteiger charge is -2.58. The Bertz CT molecular complexity index is 897. The van der Waals surface area contributed by atoms with Crippen LogP contribution in [0.3, 0.4) is 0 Å². The molecule has 0 bridgehead atoms. The smallest absolute Gasteiger partial charge is 0.302 e. The number of allylic oxidation sites excluding steroid dienone is 1. The molecule has 0 N–H and O–H groups in total. The molecule has 0 heterocycles. The highest BCUT2D eigenvalue weighted by atomic mass is 32.2. The average molecular weight is 469 g/mol. The molecule has 4 aliphatic carbocycles. The van der Waals surface area contributed by atoms with Crippen molar-refractivity contribution in [3.8, 4) is 0 Å². The average Bonchev–Trinajstić information content (AvgIpc) is 3.15. The minimum atomic E-state index is -0.134. The predicted molar refractivity (Wildman–Crippen MR) is 134 cm³/mol. The summed E-state index contributed by atoms with van der Waals surface area (Å²) in [5.74, 6) is 2.88. The summed E-state index contributed by atoms with van der Waals surface area (Å²) in [5.41, 5.74) is 2.26. The van der Waals surface area contributed by atoms with Gasteiger partial charge in [0.05, 0.1) is 6.10 Å². The Morgan fingerprint density at radius 2 is 1.85 bits per heavy atom. The largest absolute Gasteiger partial charge is 0.462 e. The van der Waals surface area contributed by atoms with Crippen molar-refractivity contribution in [2.75, 3.05) is 0 Å². The fourth-order valence-corrected chi connectivity index (χ4v) is 9.11. The molecule has 5 rings (SSSR count). The molecule has 3 saturated carbocycles. The van der Waals surface area contributed by atoms with E-state index in [0.29, 0.717) is 16.7 Å². The molecule has 180 valence electrons. The second-order valence-electron chi connectivity index (χ2n) is 11.7. The Morgan fingerprint density at radius 1 is 1.06 bits per heavy atom. The van der Waals surface area contributed by atoms with E-state index in [1.807, 2.05) is 0 Å². The van der Waals surface area contributed by atoms with Gasteiger partial charge in [-0.1, -0.05) is 43.7 Å². The van der Waals surface area contributed by atoms with Gasteiger partial charge in [-0.05, 0) is 98.5 Å². The summed E-state index contributed by atoms with van der Waals surface area (Å²) in [6.07, 6.45) is 12.6. The lowest BCUT2D eigenvalue weighted by molar-refractivity contribution is -0.148. The van der Waals surface area contributed by atoms with E-state index < -0.39 is 0 Å². The van der Waals surface area contributed by atoms with Gasteiger partial charge in [0.2, 0.25) is 0 Å². The Kier molecular flexibility index (Phi) is 6.46. The highest BCUT2D eigenvalue weighted by molar-refractivity contribution is 7.94. The molecule has 0 amide bonds. The van der Waals surface area contributed by atoms with Gasteiger partial charge in [-0.25, -0.2) is 0 Å². The molecular weight excluding hydrogens is 428 g/mol. The van der Waals surface area contributed by atoms with E-state index in [1.54, 1.807) is 24.5 Å². The van der Waals surface area contributed by atoms with Gasteiger partial charge >= 0.3 is 5.97 Å². The number of benzene rings is 1. The van der Waals surface area contributed by atoms with Crippen molar-refractivity contribution in [2.24, 2.45) is 34.5 Å². The maximum Gasteiger partial charge on any atom is 0.302 e. The maximum atomic E-state index is 11.5. The van der Waals surface area contributed by atoms with Gasteiger partial charge in [0.25, 0.3) is 0 Å². The van der Waals surface area contributed by atoms with E-state index in [-0.39, 0.29) is 18.2 Å². The third-order valence-electron chi connectivity index (χ3n) is 10.1. The van der Waals surface area contributed by atoms with Crippen molar-refractivity contribution in [3.63, 3.8) is 0 Å². The standard InChI is InChI=1S/C29H40O3S/c1-19(32-33-23-8-6-5-7-9-23)25-12-13-26-24-11-10-21-18-22(31-20(2)30)14-16-28(21,3)27(24)15-17-29(25,26)4/h5-10,19,22,24-27H,11-18H2,1-4H3/t19-,22+,24+,25-,26+,27+,28+,29-/m1/s1. The molecule has 1 aromatic rings. The third-order valence-corrected chi connectivity index (χ3v) is 10.9. The molecule has 0 aromatic heterocycles. The first kappa shape index (κ1) is 23.5. The van der Waals surface area contributed by atoms with Gasteiger partial charge in [-0.15, -0.1) is 0 Å². The second kappa shape index (κ2) is 9.07. The van der Waals surface area contributed by atoms with E-state index >= 15 is 0 Å². The Morgan fingerprint density at radius 3 is 2.61 bits per heavy atom. The third kappa shape index (κ3) is 4.20. The SMILES string of the molecule is CC(=O)O[C@H]1CC[C@@]2(C)C(=CC[C@H]3[C@@H]4CC[C@H]([C@@H](C)OSc5ccccc5)[C@@]4(C)CC[C@@H]32)C1. The van der Waals surface area contributed by atoms with E-state index in [2.05, 4.69) is 57.2 Å². The van der Waals surface area contributed by atoms with E-state index in [4.69, 9.17) is 8.92 Å². The summed E-state index contributed by atoms with van der Waals surface area (Å²) in [5, 5.41) is 0. The molecule has 33 heavy (non-hydrogen) atoms. The van der Waals surface area contributed by atoms with E-state index in [0.717, 1.165) is 37.0 Å². The fraction of sp³-hybridized carbons (Fsp3) is 0.690. The van der Waals surface area contributed by atoms with Crippen LogP contribution in [0.1, 0.15) is 79.1 Å². The van der Waals surface area contributed by atoms with Crippen molar-refractivity contribution in [3.05, 3.63) is 42.0 Å². The zero-order chi connectivity index (χ0) is 23.2. The number of fused-ring (bicyclic) bond motifs is 5. The minimum absolute atomic E-state index is 0.0863. The molecule has 8 atom stereocenters. The molecule has 4 heteroatoms. The predicted octanol–water partition coefficient (Wildman–Crippen LogP) is 7.61. The van der Waals surface area contributed by atoms with Gasteiger partial charge in [0, 0.05) is 30.3 Å². The lowest BCUT2D eigenvalue weighted by atomic mass is 9.47. The number of hydrogen-bond acceptors (Lipinski definition) is 4. The zero-order valence-electron chi connectivity index (χ0n) is 20.7. The molecule has 1 aromatic carbocycles. The lowest BCUT2D eigenvalue weighted by Crippen LogP contribution is -2.51. The Balaban J connectivity index is 1.29. The molecule has 0 spiro atoms. The summed E-state index contributed by atoms with van der Waals surface area (Å²) >= 11 is 1.55. The number of carbonyl (C=O) groups is 1. The molecule has 0 unspecified atom stereocenters. The van der Waals surface area contributed by atoms with Crippen LogP contribution in [0.2, 0.25) is 0 Å². The normalized spacial score (nSPS) is 40.7. The van der Waals surface area contributed by atoms with Gasteiger partial charge in [0.1, 0.15) is 6.10 Å². The van der Waals surface area contributed by atoms with Crippen molar-refractivity contribution in [2.45, 2.75) is 96.2 Å². The van der Waals surface area contributed by atoms with Crippen LogP contribution in [-0.2, 0) is 13.7 Å². The monoisotopic (exact) mass is 468 g/mol. The van der Waals surface area contributed by atoms with Crippen molar-refractivity contribution >= 4 is 18.0 Å². The van der Waals surface area contributed by atoms with Crippen LogP contribution in [0, 0.1) is 34.5 Å². The maximum absolute atomic E-state index is 11.5. The minimum Gasteiger partial charge on any atom is -0.462 e. The molecule has 0 saturated heterocycles. The molecule has 0 radical (unpaired) electrons. The summed E-state index contributed by atoms with van der Waals surface area (Å²) < 4.78 is 12.0. The van der Waals surface area contributed by atoms with Crippen molar-refractivity contribution < 1.29 is 13.7 Å². The zero-order valence-corrected chi connectivity index (χ0v) is 21.5. The van der Waals surface area contributed by atoms with E-state index in [1.165, 1.54) is 37.0 Å². The quantitative estimate of drug-likeness (QED) is 0.253. The molecular formula is C29H40O3S. The van der Waals surface area contributed by atoms with Crippen LogP contribution in [0.25, 0.3) is 0 Å².